The molecule has 22 heavy (non-hydrogen) atoms. The van der Waals surface area contributed by atoms with E-state index in [-0.39, 0.29) is 5.91 Å². The smallest absolute Gasteiger partial charge is 0.316 e. The van der Waals surface area contributed by atoms with Crippen molar-refractivity contribution in [1.29, 1.82) is 0 Å². The third kappa shape index (κ3) is 3.76. The van der Waals surface area contributed by atoms with Crippen LogP contribution in [0.3, 0.4) is 0 Å². The lowest BCUT2D eigenvalue weighted by atomic mass is 10.1. The van der Waals surface area contributed by atoms with Crippen molar-refractivity contribution in [2.45, 2.75) is 6.92 Å². The molecule has 0 bridgehead atoms. The summed E-state index contributed by atoms with van der Waals surface area (Å²) in [4.78, 5) is 23.0. The van der Waals surface area contributed by atoms with Crippen LogP contribution in [-0.2, 0) is 0 Å². The van der Waals surface area contributed by atoms with Gasteiger partial charge >= 0.3 is 6.03 Å². The van der Waals surface area contributed by atoms with Gasteiger partial charge in [-0.2, -0.15) is 0 Å². The molecule has 0 heterocycles. The number of ether oxygens (including phenoxy) is 1. The predicted octanol–water partition coefficient (Wildman–Crippen LogP) is 2.75. The molecule has 6 nitrogen and oxygen atoms in total. The van der Waals surface area contributed by atoms with Crippen LogP contribution in [0.5, 0.6) is 5.75 Å². The first-order valence-corrected chi connectivity index (χ1v) is 6.62. The van der Waals surface area contributed by atoms with Crippen LogP contribution in [0, 0.1) is 6.92 Å². The summed E-state index contributed by atoms with van der Waals surface area (Å²) in [5.41, 5.74) is 7.62. The fourth-order valence-electron chi connectivity index (χ4n) is 1.96. The molecule has 3 amide bonds. The topological polar surface area (TPSA) is 93.4 Å². The molecule has 0 radical (unpaired) electrons. The van der Waals surface area contributed by atoms with Crippen LogP contribution in [0.2, 0.25) is 0 Å². The van der Waals surface area contributed by atoms with Crippen molar-refractivity contribution in [2.24, 2.45) is 5.73 Å². The number of hydrogen-bond acceptors (Lipinski definition) is 3. The van der Waals surface area contributed by atoms with Crippen LogP contribution in [-0.4, -0.2) is 19.0 Å². The van der Waals surface area contributed by atoms with Crippen molar-refractivity contribution >= 4 is 23.3 Å². The molecule has 2 aromatic rings. The number of amides is 3. The van der Waals surface area contributed by atoms with Crippen molar-refractivity contribution in [3.05, 3.63) is 53.6 Å². The molecule has 4 N–H and O–H groups in total. The number of nitrogens with two attached hydrogens (primary N) is 1. The van der Waals surface area contributed by atoms with E-state index in [0.717, 1.165) is 5.56 Å². The first-order chi connectivity index (χ1) is 10.5. The summed E-state index contributed by atoms with van der Waals surface area (Å²) in [5, 5.41) is 5.24. The Kier molecular flexibility index (Phi) is 4.63. The molecule has 2 aromatic carbocycles. The van der Waals surface area contributed by atoms with Gasteiger partial charge < -0.3 is 21.1 Å². The Balaban J connectivity index is 2.15. The van der Waals surface area contributed by atoms with Crippen molar-refractivity contribution in [1.82, 2.24) is 0 Å². The molecule has 0 fully saturated rings. The van der Waals surface area contributed by atoms with Crippen LogP contribution in [0.15, 0.2) is 42.5 Å². The van der Waals surface area contributed by atoms with Gasteiger partial charge in [-0.05, 0) is 48.9 Å². The van der Waals surface area contributed by atoms with E-state index >= 15 is 0 Å². The second-order valence-corrected chi connectivity index (χ2v) is 4.72. The fraction of sp³-hybridized carbons (Fsp3) is 0.125. The summed E-state index contributed by atoms with van der Waals surface area (Å²) in [6, 6.07) is 11.3. The number of primary amides is 1. The van der Waals surface area contributed by atoms with E-state index in [4.69, 9.17) is 10.5 Å². The molecule has 0 aliphatic heterocycles. The average Bonchev–Trinajstić information content (AvgIpc) is 2.47. The highest BCUT2D eigenvalue weighted by Gasteiger charge is 2.10. The van der Waals surface area contributed by atoms with Crippen molar-refractivity contribution < 1.29 is 14.3 Å². The van der Waals surface area contributed by atoms with Crippen LogP contribution >= 0.6 is 0 Å². The number of hydrogen-bond donors (Lipinski definition) is 3. The van der Waals surface area contributed by atoms with Crippen molar-refractivity contribution in [3.63, 3.8) is 0 Å². The minimum atomic E-state index is -0.651. The van der Waals surface area contributed by atoms with E-state index in [1.54, 1.807) is 37.4 Å². The molecule has 0 aromatic heterocycles. The highest BCUT2D eigenvalue weighted by molar-refractivity contribution is 6.05. The van der Waals surface area contributed by atoms with Gasteiger partial charge in [-0.1, -0.05) is 6.07 Å². The summed E-state index contributed by atoms with van der Waals surface area (Å²) in [6.07, 6.45) is 0. The van der Waals surface area contributed by atoms with Gasteiger partial charge in [-0.3, -0.25) is 4.79 Å². The highest BCUT2D eigenvalue weighted by Crippen LogP contribution is 2.25. The van der Waals surface area contributed by atoms with E-state index in [2.05, 4.69) is 10.6 Å². The van der Waals surface area contributed by atoms with E-state index in [0.29, 0.717) is 22.7 Å². The summed E-state index contributed by atoms with van der Waals surface area (Å²) in [7, 11) is 1.55. The summed E-state index contributed by atoms with van der Waals surface area (Å²) < 4.78 is 5.22. The number of rotatable bonds is 4. The minimum Gasteiger partial charge on any atom is -0.495 e. The standard InChI is InChI=1S/C16H17N3O3/c1-10-3-8-14(22-2)13(9-10)19-15(20)11-4-6-12(7-5-11)18-16(17)21/h3-9H,1-2H3,(H,19,20)(H3,17,18,21). The number of carbonyl (C=O) groups excluding carboxylic acids is 2. The number of methoxy groups -OCH3 is 1. The quantitative estimate of drug-likeness (QED) is 0.810. The van der Waals surface area contributed by atoms with Crippen molar-refractivity contribution in [3.8, 4) is 5.75 Å². The molecule has 2 rings (SSSR count). The summed E-state index contributed by atoms with van der Waals surface area (Å²) in [5.74, 6) is 0.320. The number of nitrogens with one attached hydrogen (secondary N) is 2. The maximum atomic E-state index is 12.2. The Morgan fingerprint density at radius 2 is 1.73 bits per heavy atom. The zero-order valence-corrected chi connectivity index (χ0v) is 12.3. The van der Waals surface area contributed by atoms with E-state index in [1.165, 1.54) is 0 Å². The molecule has 0 saturated heterocycles. The van der Waals surface area contributed by atoms with Gasteiger partial charge in [0.25, 0.3) is 5.91 Å². The second kappa shape index (κ2) is 6.62. The number of carbonyl (C=O) groups is 2. The number of benzene rings is 2. The number of anilines is 2. The van der Waals surface area contributed by atoms with Gasteiger partial charge in [0, 0.05) is 11.3 Å². The largest absolute Gasteiger partial charge is 0.495 e. The second-order valence-electron chi connectivity index (χ2n) is 4.72. The van der Waals surface area contributed by atoms with Gasteiger partial charge in [-0.15, -0.1) is 0 Å². The molecule has 6 heteroatoms. The van der Waals surface area contributed by atoms with E-state index in [1.807, 2.05) is 19.1 Å². The molecule has 0 saturated carbocycles. The van der Waals surface area contributed by atoms with Gasteiger partial charge in [0.1, 0.15) is 5.75 Å². The maximum absolute atomic E-state index is 12.2. The maximum Gasteiger partial charge on any atom is 0.316 e. The lowest BCUT2D eigenvalue weighted by molar-refractivity contribution is 0.102. The first kappa shape index (κ1) is 15.4. The summed E-state index contributed by atoms with van der Waals surface area (Å²) >= 11 is 0. The molecule has 0 atom stereocenters. The van der Waals surface area contributed by atoms with Gasteiger partial charge in [-0.25, -0.2) is 4.79 Å². The normalized spacial score (nSPS) is 9.91. The van der Waals surface area contributed by atoms with Crippen LogP contribution in [0.4, 0.5) is 16.2 Å². The predicted molar refractivity (Wildman–Crippen MR) is 85.3 cm³/mol. The Hall–Kier alpha value is -3.02. The highest BCUT2D eigenvalue weighted by atomic mass is 16.5. The van der Waals surface area contributed by atoms with Gasteiger partial charge in [0.2, 0.25) is 0 Å². The molecular weight excluding hydrogens is 282 g/mol. The zero-order valence-electron chi connectivity index (χ0n) is 12.3. The van der Waals surface area contributed by atoms with E-state index in [9.17, 15) is 9.59 Å². The molecule has 0 aliphatic rings. The van der Waals surface area contributed by atoms with Crippen LogP contribution < -0.4 is 21.1 Å². The van der Waals surface area contributed by atoms with Crippen molar-refractivity contribution in [2.75, 3.05) is 17.7 Å². The third-order valence-electron chi connectivity index (χ3n) is 3.02. The lowest BCUT2D eigenvalue weighted by Crippen LogP contribution is -2.19. The Morgan fingerprint density at radius 3 is 2.32 bits per heavy atom. The first-order valence-electron chi connectivity index (χ1n) is 6.62. The molecule has 114 valence electrons. The molecular formula is C16H17N3O3. The summed E-state index contributed by atoms with van der Waals surface area (Å²) in [6.45, 7) is 1.93. The van der Waals surface area contributed by atoms with Gasteiger partial charge in [0.15, 0.2) is 0 Å². The van der Waals surface area contributed by atoms with Crippen LogP contribution in [0.25, 0.3) is 0 Å². The fourth-order valence-corrected chi connectivity index (χ4v) is 1.96. The minimum absolute atomic E-state index is 0.269. The Labute approximate surface area is 128 Å². The SMILES string of the molecule is COc1ccc(C)cc1NC(=O)c1ccc(NC(N)=O)cc1. The Morgan fingerprint density at radius 1 is 1.05 bits per heavy atom. The van der Waals surface area contributed by atoms with E-state index < -0.39 is 6.03 Å². The van der Waals surface area contributed by atoms with Gasteiger partial charge in [0.05, 0.1) is 12.8 Å². The number of urea groups is 1. The average molecular weight is 299 g/mol. The zero-order chi connectivity index (χ0) is 16.1. The molecule has 0 unspecified atom stereocenters. The molecule has 0 spiro atoms. The monoisotopic (exact) mass is 299 g/mol. The van der Waals surface area contributed by atoms with Crippen LogP contribution in [0.1, 0.15) is 15.9 Å². The number of aryl methyl sites for hydroxylation is 1. The Bertz CT molecular complexity index is 696. The lowest BCUT2D eigenvalue weighted by Gasteiger charge is -2.11. The molecule has 0 aliphatic carbocycles. The third-order valence-corrected chi connectivity index (χ3v) is 3.02.